The van der Waals surface area contributed by atoms with E-state index in [0.717, 1.165) is 176 Å². The summed E-state index contributed by atoms with van der Waals surface area (Å²) in [5.74, 6) is 0. The molecule has 8 bridgehead atoms. The first-order valence-electron chi connectivity index (χ1n) is 29.0. The molecule has 0 radical (unpaired) electrons. The Bertz CT molecular complexity index is 4820. The summed E-state index contributed by atoms with van der Waals surface area (Å²) in [6.45, 7) is 8.63. The van der Waals surface area contributed by atoms with Crippen molar-refractivity contribution in [1.82, 2.24) is 19.9 Å². The fourth-order valence-electron chi connectivity index (χ4n) is 13.4. The molecule has 2 aromatic heterocycles. The van der Waals surface area contributed by atoms with Crippen LogP contribution in [0.5, 0.6) is 0 Å². The first-order valence-corrected chi connectivity index (χ1v) is 29.0. The fraction of sp³-hybridized carbons (Fsp3) is 0.0500. The van der Waals surface area contributed by atoms with E-state index in [2.05, 4.69) is 270 Å². The normalized spacial score (nSPS) is 11.9. The summed E-state index contributed by atoms with van der Waals surface area (Å²) < 4.78 is 0. The average Bonchev–Trinajstić information content (AvgIpc) is 1.68. The third-order valence-electron chi connectivity index (χ3n) is 17.7. The topological polar surface area (TPSA) is 54.0 Å². The van der Waals surface area contributed by atoms with Gasteiger partial charge >= 0.3 is 20.4 Å². The summed E-state index contributed by atoms with van der Waals surface area (Å²) in [5, 5.41) is 13.3. The van der Waals surface area contributed by atoms with E-state index in [1.165, 1.54) is 22.3 Å². The molecule has 2 aliphatic heterocycles. The predicted octanol–water partition coefficient (Wildman–Crippen LogP) is 21.1. The fourth-order valence-corrected chi connectivity index (χ4v) is 13.4. The minimum atomic E-state index is 0. The summed E-state index contributed by atoms with van der Waals surface area (Å²) in [6, 6.07) is 89.6. The minimum Gasteiger partial charge on any atom is -0.656 e. The molecular formula is C80H52N4Pd. The second-order valence-corrected chi connectivity index (χ2v) is 23.2. The van der Waals surface area contributed by atoms with E-state index in [1.54, 1.807) is 0 Å². The van der Waals surface area contributed by atoms with E-state index in [9.17, 15) is 0 Å². The van der Waals surface area contributed by atoms with Crippen LogP contribution >= 0.6 is 0 Å². The van der Waals surface area contributed by atoms with Crippen molar-refractivity contribution in [3.05, 3.63) is 265 Å². The molecular weight excluding hydrogens is 1120 g/mol. The van der Waals surface area contributed by atoms with Crippen LogP contribution in [0.3, 0.4) is 0 Å². The zero-order valence-electron chi connectivity index (χ0n) is 47.2. The van der Waals surface area contributed by atoms with Crippen LogP contribution in [0, 0.1) is 27.7 Å². The number of aromatic nitrogens is 4. The SMILES string of the molecule is Cc1ccc(-c2c3nc(c(-c4ccc(C)cc4)c4[n-]c(c(-c5ccc(C)cc5)c5nc(c(-c6ccc(C)cc6)c6[n-]c2c2cc7ccccc7cc62)-c2cc6ccccc6cc2-5)c2cc5ccccc5cc42)-c2cc4ccccc4cc2-3)cc1.[Pd+2]. The first-order chi connectivity index (χ1) is 41.2. The number of benzene rings is 12. The van der Waals surface area contributed by atoms with E-state index in [1.807, 2.05) is 0 Å². The molecule has 14 aromatic rings. The van der Waals surface area contributed by atoms with Gasteiger partial charge < -0.3 is 9.97 Å². The second kappa shape index (κ2) is 19.5. The summed E-state index contributed by atoms with van der Waals surface area (Å²) in [6.07, 6.45) is 0. The van der Waals surface area contributed by atoms with Gasteiger partial charge in [-0.2, -0.15) is 0 Å². The van der Waals surface area contributed by atoms with Crippen LogP contribution in [0.2, 0.25) is 0 Å². The van der Waals surface area contributed by atoms with Crippen LogP contribution in [0.1, 0.15) is 22.3 Å². The monoisotopic (exact) mass is 1170 g/mol. The van der Waals surface area contributed by atoms with Gasteiger partial charge in [0.2, 0.25) is 0 Å². The van der Waals surface area contributed by atoms with E-state index in [4.69, 9.17) is 19.9 Å². The van der Waals surface area contributed by atoms with Crippen molar-refractivity contribution >= 4 is 86.7 Å². The van der Waals surface area contributed by atoms with E-state index < -0.39 is 0 Å². The van der Waals surface area contributed by atoms with Crippen LogP contribution in [0.15, 0.2) is 243 Å². The van der Waals surface area contributed by atoms with Crippen LogP contribution in [-0.2, 0) is 20.4 Å². The molecule has 1 aliphatic carbocycles. The van der Waals surface area contributed by atoms with Crippen molar-refractivity contribution in [2.24, 2.45) is 0 Å². The third kappa shape index (κ3) is 8.07. The van der Waals surface area contributed by atoms with Gasteiger partial charge in [0.1, 0.15) is 0 Å². The molecule has 0 spiro atoms. The molecule has 5 heteroatoms. The Kier molecular flexibility index (Phi) is 11.7. The summed E-state index contributed by atoms with van der Waals surface area (Å²) >= 11 is 0. The molecule has 4 heterocycles. The number of aryl methyl sites for hydroxylation is 4. The second-order valence-electron chi connectivity index (χ2n) is 23.2. The molecule has 402 valence electrons. The van der Waals surface area contributed by atoms with Crippen molar-refractivity contribution < 1.29 is 20.4 Å². The van der Waals surface area contributed by atoms with E-state index in [-0.39, 0.29) is 20.4 Å². The summed E-state index contributed by atoms with van der Waals surface area (Å²) in [4.78, 5) is 24.8. The molecule has 4 nitrogen and oxygen atoms in total. The van der Waals surface area contributed by atoms with Gasteiger partial charge in [-0.25, -0.2) is 9.97 Å². The van der Waals surface area contributed by atoms with Gasteiger partial charge in [0, 0.05) is 22.3 Å². The molecule has 0 saturated heterocycles. The quantitative estimate of drug-likeness (QED) is 0.165. The molecule has 12 aromatic carbocycles. The van der Waals surface area contributed by atoms with Crippen LogP contribution in [0.4, 0.5) is 0 Å². The largest absolute Gasteiger partial charge is 2.00 e. The Morgan fingerprint density at radius 3 is 0.624 bits per heavy atom. The summed E-state index contributed by atoms with van der Waals surface area (Å²) in [7, 11) is 0. The molecule has 85 heavy (non-hydrogen) atoms. The predicted molar refractivity (Wildman–Crippen MR) is 354 cm³/mol. The Labute approximate surface area is 505 Å². The number of fused-ring (bicyclic) bond motifs is 4. The van der Waals surface area contributed by atoms with Crippen molar-refractivity contribution in [2.45, 2.75) is 27.7 Å². The van der Waals surface area contributed by atoms with Gasteiger partial charge in [-0.05, 0) is 185 Å². The van der Waals surface area contributed by atoms with Crippen molar-refractivity contribution in [2.75, 3.05) is 0 Å². The van der Waals surface area contributed by atoms with Crippen LogP contribution < -0.4 is 9.97 Å². The average molecular weight is 1180 g/mol. The minimum absolute atomic E-state index is 0. The Balaban J connectivity index is 0.00000588. The van der Waals surface area contributed by atoms with Crippen LogP contribution in [-0.4, -0.2) is 9.97 Å². The van der Waals surface area contributed by atoms with Gasteiger partial charge in [-0.1, -0.05) is 216 Å². The molecule has 0 saturated carbocycles. The Hall–Kier alpha value is -10.0. The first kappa shape index (κ1) is 50.7. The van der Waals surface area contributed by atoms with Gasteiger partial charge in [-0.15, -0.1) is 22.1 Å². The maximum atomic E-state index is 6.19. The number of hydrogen-bond acceptors (Lipinski definition) is 2. The van der Waals surface area contributed by atoms with E-state index >= 15 is 0 Å². The van der Waals surface area contributed by atoms with Gasteiger partial charge in [0.25, 0.3) is 0 Å². The smallest absolute Gasteiger partial charge is 0.656 e. The molecule has 0 fully saturated rings. The molecule has 0 amide bonds. The third-order valence-corrected chi connectivity index (χ3v) is 17.7. The van der Waals surface area contributed by atoms with Crippen molar-refractivity contribution in [1.29, 1.82) is 0 Å². The molecule has 0 N–H and O–H groups in total. The summed E-state index contributed by atoms with van der Waals surface area (Å²) in [5.41, 5.74) is 23.7. The van der Waals surface area contributed by atoms with Gasteiger partial charge in [0.05, 0.1) is 22.8 Å². The maximum Gasteiger partial charge on any atom is 2.00 e. The standard InChI is InChI=1S/C80H52N4.Pd/c1-45-21-29-49(30-22-45)69-73-61-37-53-13-5-7-15-55(53)39-63(61)75(81-73)70(50-31-23-46(2)24-32-50)77-65-41-57-17-9-11-19-59(57)43-67(65)79(83-77)72(52-35-27-48(4)28-36-52)80-68-44-60-20-12-10-18-58(60)42-66(68)78(84-80)71(51-33-25-47(3)26-34-51)76-64-40-56-16-8-6-14-54(56)38-62(64)74(69)82-76;/h5-44H,1-4H3;/q-2;+2. The Morgan fingerprint density at radius 1 is 0.235 bits per heavy atom. The molecule has 17 rings (SSSR count). The molecule has 3 aliphatic rings. The van der Waals surface area contributed by atoms with Gasteiger partial charge in [-0.3, -0.25) is 0 Å². The number of hydrogen-bond donors (Lipinski definition) is 0. The maximum absolute atomic E-state index is 6.19. The van der Waals surface area contributed by atoms with E-state index in [0.29, 0.717) is 0 Å². The number of nitrogens with zero attached hydrogens (tertiary/aromatic N) is 4. The molecule has 0 atom stereocenters. The Morgan fingerprint density at radius 2 is 0.424 bits per heavy atom. The molecule has 0 unspecified atom stereocenters. The van der Waals surface area contributed by atoms with Crippen molar-refractivity contribution in [3.8, 4) is 89.5 Å². The zero-order chi connectivity index (χ0) is 55.9. The van der Waals surface area contributed by atoms with Crippen molar-refractivity contribution in [3.63, 3.8) is 0 Å². The zero-order valence-corrected chi connectivity index (χ0v) is 48.8. The van der Waals surface area contributed by atoms with Gasteiger partial charge in [0.15, 0.2) is 0 Å². The number of rotatable bonds is 4. The van der Waals surface area contributed by atoms with Crippen LogP contribution in [0.25, 0.3) is 176 Å².